The maximum absolute atomic E-state index is 12.2. The van der Waals surface area contributed by atoms with Gasteiger partial charge in [0.05, 0.1) is 6.54 Å². The molecule has 25 heavy (non-hydrogen) atoms. The van der Waals surface area contributed by atoms with Crippen LogP contribution in [0.3, 0.4) is 0 Å². The smallest absolute Gasteiger partial charge is 0.236 e. The summed E-state index contributed by atoms with van der Waals surface area (Å²) in [6, 6.07) is 4.19. The number of likely N-dealkylation sites (tertiary alicyclic amines) is 1. The van der Waals surface area contributed by atoms with Gasteiger partial charge in [-0.2, -0.15) is 0 Å². The minimum atomic E-state index is 0.0590. The van der Waals surface area contributed by atoms with E-state index >= 15 is 0 Å². The average molecular weight is 346 g/mol. The van der Waals surface area contributed by atoms with Crippen LogP contribution in [0.15, 0.2) is 12.1 Å². The van der Waals surface area contributed by atoms with Gasteiger partial charge >= 0.3 is 0 Å². The normalized spacial score (nSPS) is 15.5. The van der Waals surface area contributed by atoms with Crippen LogP contribution < -0.4 is 5.32 Å². The average Bonchev–Trinajstić information content (AvgIpc) is 2.58. The van der Waals surface area contributed by atoms with E-state index in [9.17, 15) is 9.59 Å². The molecule has 138 valence electrons. The van der Waals surface area contributed by atoms with Gasteiger partial charge in [0.1, 0.15) is 0 Å². The van der Waals surface area contributed by atoms with Crippen LogP contribution in [0, 0.1) is 6.92 Å². The number of aromatic nitrogens is 1. The number of carbonyl (C=O) groups is 2. The van der Waals surface area contributed by atoms with Gasteiger partial charge < -0.3 is 15.1 Å². The fraction of sp³-hybridized carbons (Fsp3) is 0.632. The van der Waals surface area contributed by atoms with Crippen LogP contribution in [0.2, 0.25) is 0 Å². The summed E-state index contributed by atoms with van der Waals surface area (Å²) in [6.07, 6.45) is 3.13. The predicted octanol–water partition coefficient (Wildman–Crippen LogP) is 1.34. The number of pyridine rings is 1. The molecule has 0 atom stereocenters. The van der Waals surface area contributed by atoms with Crippen LogP contribution in [-0.2, 0) is 16.0 Å². The molecule has 1 aliphatic rings. The fourth-order valence-electron chi connectivity index (χ4n) is 3.30. The van der Waals surface area contributed by atoms with Gasteiger partial charge in [0.2, 0.25) is 11.8 Å². The lowest BCUT2D eigenvalue weighted by Crippen LogP contribution is -2.42. The molecule has 0 aromatic carbocycles. The topological polar surface area (TPSA) is 65.5 Å². The second-order valence-electron chi connectivity index (χ2n) is 7.11. The molecule has 0 radical (unpaired) electrons. The summed E-state index contributed by atoms with van der Waals surface area (Å²) in [4.78, 5) is 32.2. The van der Waals surface area contributed by atoms with Crippen LogP contribution in [-0.4, -0.2) is 67.4 Å². The zero-order valence-electron chi connectivity index (χ0n) is 15.8. The third kappa shape index (κ3) is 5.81. The molecule has 6 heteroatoms. The maximum atomic E-state index is 12.2. The van der Waals surface area contributed by atoms with Crippen molar-refractivity contribution in [3.63, 3.8) is 0 Å². The Labute approximate surface area is 150 Å². The van der Waals surface area contributed by atoms with Gasteiger partial charge in [-0.15, -0.1) is 0 Å². The second-order valence-corrected chi connectivity index (χ2v) is 7.11. The Morgan fingerprint density at radius 2 is 1.96 bits per heavy atom. The minimum Gasteiger partial charge on any atom is -0.359 e. The van der Waals surface area contributed by atoms with Gasteiger partial charge in [-0.25, -0.2) is 0 Å². The first-order valence-corrected chi connectivity index (χ1v) is 8.99. The molecule has 1 aliphatic heterocycles. The number of carbonyl (C=O) groups excluding carboxylic acids is 2. The Bertz CT molecular complexity index is 607. The van der Waals surface area contributed by atoms with Gasteiger partial charge in [-0.3, -0.25) is 14.6 Å². The van der Waals surface area contributed by atoms with Crippen LogP contribution in [0.4, 0.5) is 0 Å². The first kappa shape index (κ1) is 19.4. The van der Waals surface area contributed by atoms with E-state index in [-0.39, 0.29) is 11.8 Å². The highest BCUT2D eigenvalue weighted by Crippen LogP contribution is 2.28. The van der Waals surface area contributed by atoms with E-state index in [1.54, 1.807) is 7.05 Å². The predicted molar refractivity (Wildman–Crippen MR) is 98.5 cm³/mol. The number of piperidine rings is 1. The Kier molecular flexibility index (Phi) is 6.93. The molecule has 1 N–H and O–H groups in total. The van der Waals surface area contributed by atoms with Gasteiger partial charge in [0, 0.05) is 43.9 Å². The van der Waals surface area contributed by atoms with E-state index in [1.807, 2.05) is 30.8 Å². The standard InChI is InChI=1S/C19H30N4O2/c1-14-11-15(5-6-18(24)20-2)12-17(21-14)16-7-9-23(10-8-16)19(25)13-22(3)4/h11-12,16H,5-10,13H2,1-4H3,(H,20,24). The molecular weight excluding hydrogens is 316 g/mol. The van der Waals surface area contributed by atoms with Gasteiger partial charge in [-0.1, -0.05) is 0 Å². The lowest BCUT2D eigenvalue weighted by Gasteiger charge is -2.32. The Morgan fingerprint density at radius 1 is 1.28 bits per heavy atom. The maximum Gasteiger partial charge on any atom is 0.236 e. The van der Waals surface area contributed by atoms with E-state index in [0.29, 0.717) is 18.9 Å². The third-order valence-electron chi connectivity index (χ3n) is 4.67. The zero-order chi connectivity index (χ0) is 18.4. The van der Waals surface area contributed by atoms with Crippen molar-refractivity contribution in [2.24, 2.45) is 0 Å². The summed E-state index contributed by atoms with van der Waals surface area (Å²) in [7, 11) is 5.50. The van der Waals surface area contributed by atoms with E-state index < -0.39 is 0 Å². The van der Waals surface area contributed by atoms with Crippen molar-refractivity contribution in [2.75, 3.05) is 40.8 Å². The van der Waals surface area contributed by atoms with Crippen molar-refractivity contribution in [2.45, 2.75) is 38.5 Å². The summed E-state index contributed by atoms with van der Waals surface area (Å²) < 4.78 is 0. The highest BCUT2D eigenvalue weighted by atomic mass is 16.2. The van der Waals surface area contributed by atoms with Gasteiger partial charge in [-0.05, 0) is 58.0 Å². The minimum absolute atomic E-state index is 0.0590. The number of rotatable bonds is 6. The molecule has 2 amide bonds. The summed E-state index contributed by atoms with van der Waals surface area (Å²) in [5.74, 6) is 0.651. The molecule has 1 fully saturated rings. The molecular formula is C19H30N4O2. The summed E-state index contributed by atoms with van der Waals surface area (Å²) in [5, 5.41) is 2.66. The van der Waals surface area contributed by atoms with E-state index in [0.717, 1.165) is 49.3 Å². The highest BCUT2D eigenvalue weighted by molar-refractivity contribution is 5.78. The van der Waals surface area contributed by atoms with E-state index in [4.69, 9.17) is 4.98 Å². The SMILES string of the molecule is CNC(=O)CCc1cc(C)nc(C2CCN(C(=O)CN(C)C)CC2)c1. The van der Waals surface area contributed by atoms with E-state index in [2.05, 4.69) is 17.4 Å². The Morgan fingerprint density at radius 3 is 2.56 bits per heavy atom. The molecule has 1 aromatic rings. The molecule has 0 spiro atoms. The molecule has 0 unspecified atom stereocenters. The zero-order valence-corrected chi connectivity index (χ0v) is 15.8. The van der Waals surface area contributed by atoms with Crippen LogP contribution in [0.1, 0.15) is 42.1 Å². The number of nitrogens with one attached hydrogen (secondary N) is 1. The van der Waals surface area contributed by atoms with Gasteiger partial charge in [0.15, 0.2) is 0 Å². The number of nitrogens with zero attached hydrogens (tertiary/aromatic N) is 3. The second kappa shape index (κ2) is 8.94. The lowest BCUT2D eigenvalue weighted by molar-refractivity contribution is -0.132. The molecule has 0 bridgehead atoms. The van der Waals surface area contributed by atoms with Gasteiger partial charge in [0.25, 0.3) is 0 Å². The van der Waals surface area contributed by atoms with Crippen molar-refractivity contribution in [3.05, 3.63) is 29.1 Å². The number of aryl methyl sites for hydroxylation is 2. The molecule has 2 rings (SSSR count). The Balaban J connectivity index is 1.97. The van der Waals surface area contributed by atoms with Crippen LogP contribution in [0.5, 0.6) is 0 Å². The summed E-state index contributed by atoms with van der Waals surface area (Å²) >= 11 is 0. The lowest BCUT2D eigenvalue weighted by atomic mass is 9.91. The van der Waals surface area contributed by atoms with E-state index in [1.165, 1.54) is 0 Å². The molecule has 6 nitrogen and oxygen atoms in total. The molecule has 1 saturated heterocycles. The fourth-order valence-corrected chi connectivity index (χ4v) is 3.30. The number of likely N-dealkylation sites (N-methyl/N-ethyl adjacent to an activating group) is 1. The molecule has 0 aliphatic carbocycles. The number of hydrogen-bond donors (Lipinski definition) is 1. The highest BCUT2D eigenvalue weighted by Gasteiger charge is 2.25. The van der Waals surface area contributed by atoms with Crippen molar-refractivity contribution in [3.8, 4) is 0 Å². The largest absolute Gasteiger partial charge is 0.359 e. The molecule has 1 aromatic heterocycles. The summed E-state index contributed by atoms with van der Waals surface area (Å²) in [5.41, 5.74) is 3.26. The monoisotopic (exact) mass is 346 g/mol. The van der Waals surface area contributed by atoms with Crippen LogP contribution in [0.25, 0.3) is 0 Å². The Hall–Kier alpha value is -1.95. The molecule has 2 heterocycles. The van der Waals surface area contributed by atoms with Crippen molar-refractivity contribution in [1.29, 1.82) is 0 Å². The van der Waals surface area contributed by atoms with Crippen molar-refractivity contribution in [1.82, 2.24) is 20.1 Å². The first-order valence-electron chi connectivity index (χ1n) is 8.99. The van der Waals surface area contributed by atoms with Crippen molar-refractivity contribution >= 4 is 11.8 Å². The number of hydrogen-bond acceptors (Lipinski definition) is 4. The molecule has 0 saturated carbocycles. The summed E-state index contributed by atoms with van der Waals surface area (Å²) in [6.45, 7) is 4.06. The quantitative estimate of drug-likeness (QED) is 0.844. The van der Waals surface area contributed by atoms with Crippen LogP contribution >= 0.6 is 0 Å². The number of amides is 2. The first-order chi connectivity index (χ1) is 11.9. The van der Waals surface area contributed by atoms with Crippen molar-refractivity contribution < 1.29 is 9.59 Å². The third-order valence-corrected chi connectivity index (χ3v) is 4.67.